The second kappa shape index (κ2) is 4.29. The second-order valence-electron chi connectivity index (χ2n) is 3.62. The van der Waals surface area contributed by atoms with Crippen LogP contribution in [0.25, 0.3) is 10.8 Å². The SMILES string of the molecule is C[C@H](Oc1cccc2c(=O)[nH]ccc12)C(=O)O. The Morgan fingerprint density at radius 3 is 2.82 bits per heavy atom. The number of hydrogen-bond acceptors (Lipinski definition) is 3. The molecule has 0 unspecified atom stereocenters. The zero-order chi connectivity index (χ0) is 12.4. The summed E-state index contributed by atoms with van der Waals surface area (Å²) in [4.78, 5) is 24.8. The Bertz CT molecular complexity index is 617. The van der Waals surface area contributed by atoms with Gasteiger partial charge in [0, 0.05) is 11.6 Å². The van der Waals surface area contributed by atoms with Gasteiger partial charge < -0.3 is 14.8 Å². The molecule has 0 aliphatic carbocycles. The maximum Gasteiger partial charge on any atom is 0.344 e. The molecule has 5 nitrogen and oxygen atoms in total. The van der Waals surface area contributed by atoms with Gasteiger partial charge in [-0.15, -0.1) is 0 Å². The molecule has 17 heavy (non-hydrogen) atoms. The number of fused-ring (bicyclic) bond motifs is 1. The Balaban J connectivity index is 2.52. The molecule has 1 aromatic carbocycles. The summed E-state index contributed by atoms with van der Waals surface area (Å²) in [5.74, 6) is -0.657. The summed E-state index contributed by atoms with van der Waals surface area (Å²) in [5.41, 5.74) is -0.226. The second-order valence-corrected chi connectivity index (χ2v) is 3.62. The van der Waals surface area contributed by atoms with Crippen LogP contribution in [0.3, 0.4) is 0 Å². The molecule has 1 atom stereocenters. The fourth-order valence-corrected chi connectivity index (χ4v) is 1.54. The molecular formula is C12H11NO4. The number of rotatable bonds is 3. The third-order valence-corrected chi connectivity index (χ3v) is 2.43. The van der Waals surface area contributed by atoms with E-state index in [0.717, 1.165) is 0 Å². The van der Waals surface area contributed by atoms with Crippen LogP contribution < -0.4 is 10.3 Å². The minimum absolute atomic E-state index is 0.226. The lowest BCUT2D eigenvalue weighted by Crippen LogP contribution is -2.23. The molecule has 5 heteroatoms. The van der Waals surface area contributed by atoms with Crippen LogP contribution in [0.2, 0.25) is 0 Å². The predicted octanol–water partition coefficient (Wildman–Crippen LogP) is 1.38. The van der Waals surface area contributed by atoms with E-state index >= 15 is 0 Å². The van der Waals surface area contributed by atoms with Gasteiger partial charge in [0.1, 0.15) is 5.75 Å². The number of aromatic amines is 1. The molecule has 0 saturated heterocycles. The fraction of sp³-hybridized carbons (Fsp3) is 0.167. The number of hydrogen-bond donors (Lipinski definition) is 2. The van der Waals surface area contributed by atoms with Crippen molar-refractivity contribution in [2.24, 2.45) is 0 Å². The van der Waals surface area contributed by atoms with Crippen LogP contribution in [-0.2, 0) is 4.79 Å². The Morgan fingerprint density at radius 2 is 2.12 bits per heavy atom. The van der Waals surface area contributed by atoms with Gasteiger partial charge in [-0.1, -0.05) is 6.07 Å². The number of carboxylic acids is 1. The lowest BCUT2D eigenvalue weighted by atomic mass is 10.1. The van der Waals surface area contributed by atoms with E-state index < -0.39 is 12.1 Å². The smallest absolute Gasteiger partial charge is 0.344 e. The zero-order valence-electron chi connectivity index (χ0n) is 9.14. The normalized spacial score (nSPS) is 12.3. The van der Waals surface area contributed by atoms with E-state index in [2.05, 4.69) is 4.98 Å². The summed E-state index contributed by atoms with van der Waals surface area (Å²) < 4.78 is 5.29. The maximum atomic E-state index is 11.5. The van der Waals surface area contributed by atoms with Crippen molar-refractivity contribution >= 4 is 16.7 Å². The van der Waals surface area contributed by atoms with Crippen LogP contribution in [0.5, 0.6) is 5.75 Å². The number of nitrogens with one attached hydrogen (secondary N) is 1. The summed E-state index contributed by atoms with van der Waals surface area (Å²) in [7, 11) is 0. The molecule has 1 aromatic heterocycles. The lowest BCUT2D eigenvalue weighted by molar-refractivity contribution is -0.144. The molecule has 0 bridgehead atoms. The molecule has 0 spiro atoms. The van der Waals surface area contributed by atoms with Crippen molar-refractivity contribution in [2.75, 3.05) is 0 Å². The summed E-state index contributed by atoms with van der Waals surface area (Å²) in [6.45, 7) is 1.44. The fourth-order valence-electron chi connectivity index (χ4n) is 1.54. The van der Waals surface area contributed by atoms with E-state index in [1.807, 2.05) is 0 Å². The van der Waals surface area contributed by atoms with Crippen LogP contribution in [0.4, 0.5) is 0 Å². The Hall–Kier alpha value is -2.30. The van der Waals surface area contributed by atoms with Gasteiger partial charge in [-0.05, 0) is 25.1 Å². The van der Waals surface area contributed by atoms with E-state index in [9.17, 15) is 9.59 Å². The number of aliphatic carboxylic acids is 1. The number of H-pyrrole nitrogens is 1. The van der Waals surface area contributed by atoms with E-state index in [1.54, 1.807) is 24.3 Å². The highest BCUT2D eigenvalue weighted by Gasteiger charge is 2.14. The molecular weight excluding hydrogens is 222 g/mol. The van der Waals surface area contributed by atoms with Crippen molar-refractivity contribution < 1.29 is 14.6 Å². The molecule has 1 heterocycles. The Labute approximate surface area is 96.7 Å². The number of ether oxygens (including phenoxy) is 1. The minimum atomic E-state index is -1.05. The highest BCUT2D eigenvalue weighted by Crippen LogP contribution is 2.23. The van der Waals surface area contributed by atoms with Crippen LogP contribution in [-0.4, -0.2) is 22.2 Å². The number of carboxylic acid groups (broad SMARTS) is 1. The molecule has 2 rings (SSSR count). The quantitative estimate of drug-likeness (QED) is 0.839. The van der Waals surface area contributed by atoms with Crippen molar-refractivity contribution in [2.45, 2.75) is 13.0 Å². The van der Waals surface area contributed by atoms with Crippen molar-refractivity contribution in [3.05, 3.63) is 40.8 Å². The summed E-state index contributed by atoms with van der Waals surface area (Å²) in [6.07, 6.45) is 0.544. The van der Waals surface area contributed by atoms with E-state index in [1.165, 1.54) is 13.1 Å². The number of aromatic nitrogens is 1. The first-order valence-electron chi connectivity index (χ1n) is 5.09. The molecule has 0 saturated carbocycles. The van der Waals surface area contributed by atoms with E-state index in [4.69, 9.17) is 9.84 Å². The number of carbonyl (C=O) groups is 1. The molecule has 0 aliphatic rings. The van der Waals surface area contributed by atoms with Crippen LogP contribution in [0.1, 0.15) is 6.92 Å². The standard InChI is InChI=1S/C12H11NO4/c1-7(12(15)16)17-10-4-2-3-9-8(10)5-6-13-11(9)14/h2-7H,1H3,(H,13,14)(H,15,16)/t7-/m0/s1. The third-order valence-electron chi connectivity index (χ3n) is 2.43. The first-order chi connectivity index (χ1) is 8.09. The number of pyridine rings is 1. The molecule has 0 aliphatic heterocycles. The van der Waals surface area contributed by atoms with Crippen LogP contribution in [0, 0.1) is 0 Å². The molecule has 0 amide bonds. The van der Waals surface area contributed by atoms with E-state index in [0.29, 0.717) is 16.5 Å². The van der Waals surface area contributed by atoms with Gasteiger partial charge in [-0.25, -0.2) is 4.79 Å². The van der Waals surface area contributed by atoms with Crippen molar-refractivity contribution in [3.8, 4) is 5.75 Å². The average molecular weight is 233 g/mol. The van der Waals surface area contributed by atoms with Gasteiger partial charge in [0.05, 0.1) is 5.39 Å². The van der Waals surface area contributed by atoms with Crippen molar-refractivity contribution in [1.82, 2.24) is 4.98 Å². The predicted molar refractivity (Wildman–Crippen MR) is 62.3 cm³/mol. The highest BCUT2D eigenvalue weighted by atomic mass is 16.5. The summed E-state index contributed by atoms with van der Waals surface area (Å²) in [6, 6.07) is 6.63. The van der Waals surface area contributed by atoms with Gasteiger partial charge in [0.25, 0.3) is 5.56 Å². The van der Waals surface area contributed by atoms with Crippen molar-refractivity contribution in [3.63, 3.8) is 0 Å². The monoisotopic (exact) mass is 233 g/mol. The van der Waals surface area contributed by atoms with E-state index in [-0.39, 0.29) is 5.56 Å². The Kier molecular flexibility index (Phi) is 2.82. The van der Waals surface area contributed by atoms with Crippen LogP contribution in [0.15, 0.2) is 35.3 Å². The van der Waals surface area contributed by atoms with Gasteiger partial charge in [0.15, 0.2) is 6.10 Å². The Morgan fingerprint density at radius 1 is 1.35 bits per heavy atom. The average Bonchev–Trinajstić information content (AvgIpc) is 2.30. The molecule has 2 aromatic rings. The zero-order valence-corrected chi connectivity index (χ0v) is 9.14. The topological polar surface area (TPSA) is 79.4 Å². The van der Waals surface area contributed by atoms with Crippen LogP contribution >= 0.6 is 0 Å². The lowest BCUT2D eigenvalue weighted by Gasteiger charge is -2.12. The van der Waals surface area contributed by atoms with Gasteiger partial charge in [-0.3, -0.25) is 4.79 Å². The first-order valence-corrected chi connectivity index (χ1v) is 5.09. The number of benzene rings is 1. The summed E-state index contributed by atoms with van der Waals surface area (Å²) in [5, 5.41) is 9.85. The first kappa shape index (κ1) is 11.2. The van der Waals surface area contributed by atoms with Gasteiger partial charge >= 0.3 is 5.97 Å². The van der Waals surface area contributed by atoms with Gasteiger partial charge in [0.2, 0.25) is 0 Å². The molecule has 0 fully saturated rings. The molecule has 88 valence electrons. The summed E-state index contributed by atoms with van der Waals surface area (Å²) >= 11 is 0. The highest BCUT2D eigenvalue weighted by molar-refractivity contribution is 5.87. The molecule has 2 N–H and O–H groups in total. The van der Waals surface area contributed by atoms with Gasteiger partial charge in [-0.2, -0.15) is 0 Å². The maximum absolute atomic E-state index is 11.5. The largest absolute Gasteiger partial charge is 0.479 e. The van der Waals surface area contributed by atoms with Crippen molar-refractivity contribution in [1.29, 1.82) is 0 Å². The third kappa shape index (κ3) is 2.13. The minimum Gasteiger partial charge on any atom is -0.479 e. The molecule has 0 radical (unpaired) electrons.